The van der Waals surface area contributed by atoms with Gasteiger partial charge in [0.05, 0.1) is 0 Å². The molecule has 0 heteroatoms. The Balaban J connectivity index is 0.000000791. The molecule has 3 rings (SSSR count). The number of rotatable bonds is 4. The second-order valence-electron chi connectivity index (χ2n) is 6.02. The van der Waals surface area contributed by atoms with Crippen LogP contribution in [0.2, 0.25) is 0 Å². The molecule has 0 unspecified atom stereocenters. The predicted molar refractivity (Wildman–Crippen MR) is 117 cm³/mol. The number of hydrogen-bond donors (Lipinski definition) is 0. The molecule has 3 aromatic rings. The standard InChI is InChI=1S/C22H22.2C2H6/c1-17-7-3-5-9-21(17)15-19-11-13-20(14-12-19)16-22-10-6-4-8-18(22)2;2*1-2/h3-14H,15-16H2,1-2H3;2*1-2H3. The molecular weight excluding hydrogens is 312 g/mol. The lowest BCUT2D eigenvalue weighted by Crippen LogP contribution is -1.94. The number of aryl methyl sites for hydroxylation is 2. The van der Waals surface area contributed by atoms with E-state index in [-0.39, 0.29) is 0 Å². The SMILES string of the molecule is CC.CC.Cc1ccccc1Cc1ccc(Cc2ccccc2C)cc1. The van der Waals surface area contributed by atoms with Gasteiger partial charge in [0.1, 0.15) is 0 Å². The average molecular weight is 347 g/mol. The van der Waals surface area contributed by atoms with Crippen LogP contribution in [0.4, 0.5) is 0 Å². The normalized spacial score (nSPS) is 9.46. The van der Waals surface area contributed by atoms with Gasteiger partial charge in [-0.2, -0.15) is 0 Å². The summed E-state index contributed by atoms with van der Waals surface area (Å²) in [5, 5.41) is 0. The Morgan fingerprint density at radius 1 is 0.462 bits per heavy atom. The van der Waals surface area contributed by atoms with Crippen molar-refractivity contribution >= 4 is 0 Å². The zero-order chi connectivity index (χ0) is 19.4. The largest absolute Gasteiger partial charge is 0.0683 e. The lowest BCUT2D eigenvalue weighted by molar-refractivity contribution is 1.12. The van der Waals surface area contributed by atoms with Gasteiger partial charge in [-0.3, -0.25) is 0 Å². The zero-order valence-electron chi connectivity index (χ0n) is 17.3. The first kappa shape index (κ1) is 21.7. The van der Waals surface area contributed by atoms with Crippen LogP contribution in [0.5, 0.6) is 0 Å². The van der Waals surface area contributed by atoms with Crippen LogP contribution >= 0.6 is 0 Å². The lowest BCUT2D eigenvalue weighted by Gasteiger charge is -2.08. The highest BCUT2D eigenvalue weighted by Gasteiger charge is 2.02. The fraction of sp³-hybridized carbons (Fsp3) is 0.308. The van der Waals surface area contributed by atoms with Gasteiger partial charge in [0.2, 0.25) is 0 Å². The van der Waals surface area contributed by atoms with Crippen LogP contribution in [0.1, 0.15) is 61.1 Å². The molecule has 138 valence electrons. The van der Waals surface area contributed by atoms with Crippen LogP contribution in [0, 0.1) is 13.8 Å². The summed E-state index contributed by atoms with van der Waals surface area (Å²) in [5.74, 6) is 0. The van der Waals surface area contributed by atoms with E-state index in [0.29, 0.717) is 0 Å². The van der Waals surface area contributed by atoms with Gasteiger partial charge >= 0.3 is 0 Å². The Morgan fingerprint density at radius 3 is 1.08 bits per heavy atom. The minimum absolute atomic E-state index is 1.01. The third-order valence-corrected chi connectivity index (χ3v) is 4.33. The smallest absolute Gasteiger partial charge is 0.00231 e. The van der Waals surface area contributed by atoms with E-state index in [4.69, 9.17) is 0 Å². The Hall–Kier alpha value is -2.34. The molecule has 0 atom stereocenters. The fourth-order valence-corrected chi connectivity index (χ4v) is 2.83. The summed E-state index contributed by atoms with van der Waals surface area (Å²) < 4.78 is 0. The predicted octanol–water partition coefficient (Wildman–Crippen LogP) is 7.54. The maximum atomic E-state index is 2.26. The van der Waals surface area contributed by atoms with Crippen molar-refractivity contribution in [2.24, 2.45) is 0 Å². The first-order chi connectivity index (χ1) is 12.7. The molecule has 0 saturated carbocycles. The van der Waals surface area contributed by atoms with Gasteiger partial charge in [-0.15, -0.1) is 0 Å². The van der Waals surface area contributed by atoms with Crippen LogP contribution in [-0.4, -0.2) is 0 Å². The van der Waals surface area contributed by atoms with Crippen molar-refractivity contribution in [1.82, 2.24) is 0 Å². The second kappa shape index (κ2) is 12.1. The molecule has 0 aromatic heterocycles. The van der Waals surface area contributed by atoms with E-state index in [0.717, 1.165) is 12.8 Å². The van der Waals surface area contributed by atoms with E-state index in [9.17, 15) is 0 Å². The van der Waals surface area contributed by atoms with E-state index < -0.39 is 0 Å². The summed E-state index contributed by atoms with van der Waals surface area (Å²) in [7, 11) is 0. The van der Waals surface area contributed by atoms with Crippen molar-refractivity contribution in [3.8, 4) is 0 Å². The van der Waals surface area contributed by atoms with Crippen molar-refractivity contribution in [3.63, 3.8) is 0 Å². The number of hydrogen-bond acceptors (Lipinski definition) is 0. The van der Waals surface area contributed by atoms with Crippen LogP contribution in [0.25, 0.3) is 0 Å². The van der Waals surface area contributed by atoms with Crippen LogP contribution in [0.3, 0.4) is 0 Å². The first-order valence-corrected chi connectivity index (χ1v) is 9.89. The molecule has 3 aromatic carbocycles. The Bertz CT molecular complexity index is 685. The maximum absolute atomic E-state index is 2.26. The highest BCUT2D eigenvalue weighted by Crippen LogP contribution is 2.17. The minimum atomic E-state index is 1.01. The summed E-state index contributed by atoms with van der Waals surface area (Å²) in [4.78, 5) is 0. The second-order valence-corrected chi connectivity index (χ2v) is 6.02. The van der Waals surface area contributed by atoms with Gasteiger partial charge in [0, 0.05) is 0 Å². The zero-order valence-corrected chi connectivity index (χ0v) is 17.3. The molecule has 0 bridgehead atoms. The maximum Gasteiger partial charge on any atom is -0.00231 e. The molecule has 0 saturated heterocycles. The van der Waals surface area contributed by atoms with E-state index in [1.165, 1.54) is 33.4 Å². The topological polar surface area (TPSA) is 0 Å². The minimum Gasteiger partial charge on any atom is -0.0683 e. The average Bonchev–Trinajstić information content (AvgIpc) is 2.70. The Kier molecular flexibility index (Phi) is 10.1. The summed E-state index contributed by atoms with van der Waals surface area (Å²) >= 11 is 0. The van der Waals surface area contributed by atoms with Gasteiger partial charge in [-0.1, -0.05) is 100 Å². The highest BCUT2D eigenvalue weighted by atomic mass is 14.1. The highest BCUT2D eigenvalue weighted by molar-refractivity contribution is 5.36. The first-order valence-electron chi connectivity index (χ1n) is 9.89. The molecule has 0 aliphatic carbocycles. The monoisotopic (exact) mass is 346 g/mol. The Morgan fingerprint density at radius 2 is 0.769 bits per heavy atom. The van der Waals surface area contributed by atoms with Crippen molar-refractivity contribution in [3.05, 3.63) is 106 Å². The molecule has 0 aliphatic heterocycles. The van der Waals surface area contributed by atoms with Crippen molar-refractivity contribution in [2.45, 2.75) is 54.4 Å². The third kappa shape index (κ3) is 6.52. The van der Waals surface area contributed by atoms with Gasteiger partial charge in [0.15, 0.2) is 0 Å². The molecule has 0 fully saturated rings. The van der Waals surface area contributed by atoms with E-state index in [1.54, 1.807) is 0 Å². The molecule has 0 nitrogen and oxygen atoms in total. The summed E-state index contributed by atoms with van der Waals surface area (Å²) in [6, 6.07) is 26.3. The summed E-state index contributed by atoms with van der Waals surface area (Å²) in [6.07, 6.45) is 2.02. The lowest BCUT2D eigenvalue weighted by atomic mass is 9.97. The quantitative estimate of drug-likeness (QED) is 0.458. The molecule has 0 radical (unpaired) electrons. The van der Waals surface area contributed by atoms with Crippen molar-refractivity contribution in [1.29, 1.82) is 0 Å². The number of benzene rings is 3. The molecule has 0 spiro atoms. The van der Waals surface area contributed by atoms with Gasteiger partial charge < -0.3 is 0 Å². The van der Waals surface area contributed by atoms with Gasteiger partial charge in [-0.25, -0.2) is 0 Å². The molecule has 0 amide bonds. The molecule has 26 heavy (non-hydrogen) atoms. The van der Waals surface area contributed by atoms with Crippen LogP contribution < -0.4 is 0 Å². The van der Waals surface area contributed by atoms with Crippen molar-refractivity contribution in [2.75, 3.05) is 0 Å². The van der Waals surface area contributed by atoms with E-state index in [1.807, 2.05) is 27.7 Å². The molecular formula is C26H34. The van der Waals surface area contributed by atoms with Crippen LogP contribution in [-0.2, 0) is 12.8 Å². The van der Waals surface area contributed by atoms with E-state index >= 15 is 0 Å². The fourth-order valence-electron chi connectivity index (χ4n) is 2.83. The molecule has 0 aliphatic rings. The molecule has 0 N–H and O–H groups in total. The van der Waals surface area contributed by atoms with Crippen molar-refractivity contribution < 1.29 is 0 Å². The third-order valence-electron chi connectivity index (χ3n) is 4.33. The summed E-state index contributed by atoms with van der Waals surface area (Å²) in [5.41, 5.74) is 8.31. The molecule has 0 heterocycles. The van der Waals surface area contributed by atoms with Gasteiger partial charge in [-0.05, 0) is 60.1 Å². The Labute approximate surface area is 160 Å². The van der Waals surface area contributed by atoms with E-state index in [2.05, 4.69) is 86.6 Å². The summed E-state index contributed by atoms with van der Waals surface area (Å²) in [6.45, 7) is 12.4. The van der Waals surface area contributed by atoms with Crippen LogP contribution in [0.15, 0.2) is 72.8 Å². The van der Waals surface area contributed by atoms with Gasteiger partial charge in [0.25, 0.3) is 0 Å².